The molecule has 18 heavy (non-hydrogen) atoms. The molecule has 1 aliphatic carbocycles. The minimum atomic E-state index is -0.487. The molecule has 3 atom stereocenters. The number of ether oxygens (including phenoxy) is 2. The highest BCUT2D eigenvalue weighted by atomic mass is 79.9. The van der Waals surface area contributed by atoms with Crippen molar-refractivity contribution in [1.29, 1.82) is 0 Å². The lowest BCUT2D eigenvalue weighted by Gasteiger charge is -2.40. The molecule has 1 N–H and O–H groups in total. The van der Waals surface area contributed by atoms with Crippen molar-refractivity contribution < 1.29 is 19.0 Å². The third-order valence-corrected chi connectivity index (χ3v) is 3.32. The van der Waals surface area contributed by atoms with Crippen molar-refractivity contribution in [1.82, 2.24) is 0 Å². The van der Waals surface area contributed by atoms with Crippen LogP contribution in [0.4, 0.5) is 4.39 Å². The number of benzene rings is 1. The fraction of sp³-hybridized carbons (Fsp3) is 0.538. The number of halogens is 2. The first-order valence-corrected chi connectivity index (χ1v) is 6.82. The van der Waals surface area contributed by atoms with Crippen LogP contribution in [-0.4, -0.2) is 30.0 Å². The van der Waals surface area contributed by atoms with Crippen LogP contribution in [0.5, 0.6) is 5.75 Å². The Kier molecular flexibility index (Phi) is 4.59. The lowest BCUT2D eigenvalue weighted by Crippen LogP contribution is -2.55. The molecule has 1 aromatic carbocycles. The Morgan fingerprint density at radius 1 is 1.44 bits per heavy atom. The van der Waals surface area contributed by atoms with E-state index in [2.05, 4.69) is 15.9 Å². The molecule has 0 aliphatic heterocycles. The van der Waals surface area contributed by atoms with Gasteiger partial charge in [-0.25, -0.2) is 4.39 Å². The van der Waals surface area contributed by atoms with Crippen LogP contribution in [0.1, 0.15) is 19.8 Å². The molecule has 1 fully saturated rings. The molecule has 3 nitrogen and oxygen atoms in total. The van der Waals surface area contributed by atoms with Crippen LogP contribution in [0.3, 0.4) is 0 Å². The largest absolute Gasteiger partial charge is 0.487 e. The Morgan fingerprint density at radius 2 is 2.22 bits per heavy atom. The van der Waals surface area contributed by atoms with Gasteiger partial charge in [0.25, 0.3) is 0 Å². The van der Waals surface area contributed by atoms with Gasteiger partial charge in [0.2, 0.25) is 0 Å². The lowest BCUT2D eigenvalue weighted by atomic mass is 9.88. The summed E-state index contributed by atoms with van der Waals surface area (Å²) < 4.78 is 25.0. The summed E-state index contributed by atoms with van der Waals surface area (Å²) in [4.78, 5) is 0. The van der Waals surface area contributed by atoms with Gasteiger partial charge in [0.05, 0.1) is 6.10 Å². The van der Waals surface area contributed by atoms with Crippen molar-refractivity contribution >= 4 is 15.9 Å². The Bertz CT molecular complexity index is 393. The zero-order valence-corrected chi connectivity index (χ0v) is 11.7. The van der Waals surface area contributed by atoms with Gasteiger partial charge in [-0.1, -0.05) is 22.9 Å². The maximum absolute atomic E-state index is 13.2. The smallest absolute Gasteiger partial charge is 0.130 e. The zero-order chi connectivity index (χ0) is 13.1. The number of hydrogen-bond acceptors (Lipinski definition) is 3. The lowest BCUT2D eigenvalue weighted by molar-refractivity contribution is -0.162. The van der Waals surface area contributed by atoms with Crippen molar-refractivity contribution in [3.8, 4) is 5.75 Å². The summed E-state index contributed by atoms with van der Waals surface area (Å²) in [5.41, 5.74) is 0. The second kappa shape index (κ2) is 5.99. The number of aliphatic hydroxyl groups is 1. The van der Waals surface area contributed by atoms with E-state index < -0.39 is 6.10 Å². The third kappa shape index (κ3) is 3.22. The predicted octanol–water partition coefficient (Wildman–Crippen LogP) is 2.90. The molecule has 0 amide bonds. The van der Waals surface area contributed by atoms with Crippen LogP contribution in [0.2, 0.25) is 0 Å². The van der Waals surface area contributed by atoms with E-state index in [0.717, 1.165) is 6.42 Å². The highest BCUT2D eigenvalue weighted by Gasteiger charge is 2.42. The van der Waals surface area contributed by atoms with Crippen LogP contribution in [-0.2, 0) is 4.74 Å². The van der Waals surface area contributed by atoms with Crippen LogP contribution in [0, 0.1) is 5.82 Å². The predicted molar refractivity (Wildman–Crippen MR) is 69.2 cm³/mol. The second-order valence-electron chi connectivity index (χ2n) is 4.40. The monoisotopic (exact) mass is 318 g/mol. The molecular weight excluding hydrogens is 303 g/mol. The molecule has 1 aliphatic rings. The van der Waals surface area contributed by atoms with Gasteiger partial charge in [-0.3, -0.25) is 0 Å². The molecule has 1 aromatic rings. The summed E-state index contributed by atoms with van der Waals surface area (Å²) in [6, 6.07) is 4.39. The Labute approximate surface area is 114 Å². The zero-order valence-electron chi connectivity index (χ0n) is 10.1. The van der Waals surface area contributed by atoms with Crippen LogP contribution in [0.15, 0.2) is 22.7 Å². The normalized spacial score (nSPS) is 26.8. The van der Waals surface area contributed by atoms with E-state index in [9.17, 15) is 9.50 Å². The third-order valence-electron chi connectivity index (χ3n) is 2.86. The van der Waals surface area contributed by atoms with E-state index in [-0.39, 0.29) is 18.0 Å². The first-order chi connectivity index (χ1) is 8.60. The molecule has 0 saturated heterocycles. The fourth-order valence-electron chi connectivity index (χ4n) is 1.92. The minimum absolute atomic E-state index is 0.208. The Balaban J connectivity index is 1.96. The van der Waals surface area contributed by atoms with Gasteiger partial charge in [0, 0.05) is 23.6 Å². The van der Waals surface area contributed by atoms with Crippen LogP contribution >= 0.6 is 15.9 Å². The fourth-order valence-corrected chi connectivity index (χ4v) is 2.36. The van der Waals surface area contributed by atoms with Crippen molar-refractivity contribution in [3.05, 3.63) is 28.5 Å². The first kappa shape index (κ1) is 13.8. The van der Waals surface area contributed by atoms with Crippen molar-refractivity contribution in [2.75, 3.05) is 6.61 Å². The molecule has 3 unspecified atom stereocenters. The standard InChI is InChI=1S/C13H16BrFO3/c1-2-3-17-13-11(16)7-12(13)18-10-5-8(14)4-9(15)6-10/h4-6,11-13,16H,2-3,7H2,1H3. The van der Waals surface area contributed by atoms with Gasteiger partial charge in [-0.15, -0.1) is 0 Å². The quantitative estimate of drug-likeness (QED) is 0.907. The molecule has 100 valence electrons. The molecule has 5 heteroatoms. The summed E-state index contributed by atoms with van der Waals surface area (Å²) in [5.74, 6) is 0.0918. The highest BCUT2D eigenvalue weighted by Crippen LogP contribution is 2.30. The second-order valence-corrected chi connectivity index (χ2v) is 5.32. The van der Waals surface area contributed by atoms with E-state index >= 15 is 0 Å². The van der Waals surface area contributed by atoms with Gasteiger partial charge in [-0.2, -0.15) is 0 Å². The van der Waals surface area contributed by atoms with Gasteiger partial charge >= 0.3 is 0 Å². The van der Waals surface area contributed by atoms with Gasteiger partial charge in [-0.05, 0) is 18.6 Å². The van der Waals surface area contributed by atoms with Crippen LogP contribution in [0.25, 0.3) is 0 Å². The van der Waals surface area contributed by atoms with E-state index in [1.807, 2.05) is 6.92 Å². The average Bonchev–Trinajstić information content (AvgIpc) is 2.27. The molecule has 1 saturated carbocycles. The first-order valence-electron chi connectivity index (χ1n) is 6.02. The maximum atomic E-state index is 13.2. The number of rotatable bonds is 5. The van der Waals surface area contributed by atoms with Crippen molar-refractivity contribution in [2.24, 2.45) is 0 Å². The number of aliphatic hydroxyl groups excluding tert-OH is 1. The molecule has 0 radical (unpaired) electrons. The Morgan fingerprint density at radius 3 is 2.83 bits per heavy atom. The summed E-state index contributed by atoms with van der Waals surface area (Å²) in [6.45, 7) is 2.60. The minimum Gasteiger partial charge on any atom is -0.487 e. The summed E-state index contributed by atoms with van der Waals surface area (Å²) >= 11 is 3.21. The topological polar surface area (TPSA) is 38.7 Å². The van der Waals surface area contributed by atoms with Crippen molar-refractivity contribution in [2.45, 2.75) is 38.1 Å². The molecule has 0 aromatic heterocycles. The summed E-state index contributed by atoms with van der Waals surface area (Å²) in [7, 11) is 0. The molecular formula is C13H16BrFO3. The molecule has 0 heterocycles. The van der Waals surface area contributed by atoms with E-state index in [1.54, 1.807) is 6.07 Å². The average molecular weight is 319 g/mol. The van der Waals surface area contributed by atoms with Crippen molar-refractivity contribution in [3.63, 3.8) is 0 Å². The van der Waals surface area contributed by atoms with E-state index in [1.165, 1.54) is 12.1 Å². The highest BCUT2D eigenvalue weighted by molar-refractivity contribution is 9.10. The van der Waals surface area contributed by atoms with Crippen LogP contribution < -0.4 is 4.74 Å². The van der Waals surface area contributed by atoms with E-state index in [4.69, 9.17) is 9.47 Å². The molecule has 0 spiro atoms. The summed E-state index contributed by atoms with van der Waals surface area (Å²) in [5, 5.41) is 9.60. The Hall–Kier alpha value is -0.650. The van der Waals surface area contributed by atoms with Gasteiger partial charge in [0.15, 0.2) is 0 Å². The molecule has 2 rings (SSSR count). The number of hydrogen-bond donors (Lipinski definition) is 1. The summed E-state index contributed by atoms with van der Waals surface area (Å²) in [6.07, 6.45) is 0.398. The van der Waals surface area contributed by atoms with Gasteiger partial charge < -0.3 is 14.6 Å². The maximum Gasteiger partial charge on any atom is 0.130 e. The molecule has 0 bridgehead atoms. The SMILES string of the molecule is CCCOC1C(O)CC1Oc1cc(F)cc(Br)c1. The van der Waals surface area contributed by atoms with Gasteiger partial charge in [0.1, 0.15) is 23.8 Å². The van der Waals surface area contributed by atoms with E-state index in [0.29, 0.717) is 23.2 Å².